The van der Waals surface area contributed by atoms with E-state index in [0.717, 1.165) is 12.1 Å². The molecule has 5 heteroatoms. The predicted octanol–water partition coefficient (Wildman–Crippen LogP) is 2.43. The van der Waals surface area contributed by atoms with Crippen LogP contribution in [0.4, 0.5) is 5.69 Å². The molecular weight excluding hydrogens is 276 g/mol. The van der Waals surface area contributed by atoms with Gasteiger partial charge in [-0.2, -0.15) is 0 Å². The van der Waals surface area contributed by atoms with E-state index in [1.54, 1.807) is 0 Å². The van der Waals surface area contributed by atoms with E-state index in [1.165, 1.54) is 11.1 Å². The Morgan fingerprint density at radius 3 is 2.65 bits per heavy atom. The summed E-state index contributed by atoms with van der Waals surface area (Å²) in [6.45, 7) is 5.29. The smallest absolute Gasteiger partial charge is 0.244 e. The largest absolute Gasteiger partial charge is 0.381 e. The van der Waals surface area contributed by atoms with Crippen molar-refractivity contribution in [3.8, 4) is 0 Å². The molecule has 1 amide bonds. The first-order chi connectivity index (χ1) is 9.05. The van der Waals surface area contributed by atoms with Crippen molar-refractivity contribution >= 4 is 24.0 Å². The summed E-state index contributed by atoms with van der Waals surface area (Å²) in [5, 5.41) is 2.93. The van der Waals surface area contributed by atoms with E-state index >= 15 is 0 Å². The molecule has 0 radical (unpaired) electrons. The average Bonchev–Trinajstić information content (AvgIpc) is 2.41. The predicted molar refractivity (Wildman–Crippen MR) is 83.4 cm³/mol. The summed E-state index contributed by atoms with van der Waals surface area (Å²) in [4.78, 5) is 12.3. The molecular formula is C15H23ClN2O2. The zero-order chi connectivity index (χ0) is 13.9. The fourth-order valence-electron chi connectivity index (χ4n) is 2.35. The zero-order valence-corrected chi connectivity index (χ0v) is 12.9. The summed E-state index contributed by atoms with van der Waals surface area (Å²) >= 11 is 0. The number of carbonyl (C=O) groups excluding carboxylic acids is 1. The molecule has 3 N–H and O–H groups in total. The molecule has 1 fully saturated rings. The maximum atomic E-state index is 12.3. The van der Waals surface area contributed by atoms with Crippen molar-refractivity contribution < 1.29 is 9.53 Å². The molecule has 0 aromatic heterocycles. The highest BCUT2D eigenvalue weighted by molar-refractivity contribution is 5.98. The van der Waals surface area contributed by atoms with E-state index in [9.17, 15) is 4.79 Å². The highest BCUT2D eigenvalue weighted by Gasteiger charge is 2.35. The van der Waals surface area contributed by atoms with Crippen molar-refractivity contribution in [1.82, 2.24) is 0 Å². The van der Waals surface area contributed by atoms with Gasteiger partial charge in [-0.1, -0.05) is 13.0 Å². The van der Waals surface area contributed by atoms with Gasteiger partial charge in [-0.25, -0.2) is 0 Å². The van der Waals surface area contributed by atoms with Crippen LogP contribution in [-0.4, -0.2) is 24.7 Å². The van der Waals surface area contributed by atoms with Crippen molar-refractivity contribution in [2.75, 3.05) is 18.5 Å². The molecule has 0 aliphatic carbocycles. The van der Waals surface area contributed by atoms with Gasteiger partial charge in [0.15, 0.2) is 0 Å². The second-order valence-electron chi connectivity index (χ2n) is 5.22. The Hall–Kier alpha value is -1.10. The number of halogens is 1. The molecule has 1 aliphatic heterocycles. The number of aryl methyl sites for hydroxylation is 2. The van der Waals surface area contributed by atoms with Crippen LogP contribution in [0.5, 0.6) is 0 Å². The maximum absolute atomic E-state index is 12.3. The SMILES string of the molecule is CCc1cc(NC(=O)C2(N)CCOCC2)ccc1C.Cl. The molecule has 0 spiro atoms. The number of nitrogens with one attached hydrogen (secondary N) is 1. The highest BCUT2D eigenvalue weighted by atomic mass is 35.5. The van der Waals surface area contributed by atoms with Crippen LogP contribution in [-0.2, 0) is 16.0 Å². The van der Waals surface area contributed by atoms with Crippen LogP contribution in [0.1, 0.15) is 30.9 Å². The fraction of sp³-hybridized carbons (Fsp3) is 0.533. The van der Waals surface area contributed by atoms with Gasteiger partial charge in [0.25, 0.3) is 0 Å². The molecule has 4 nitrogen and oxygen atoms in total. The molecule has 2 rings (SSSR count). The summed E-state index contributed by atoms with van der Waals surface area (Å²) in [5.74, 6) is -0.110. The Kier molecular flexibility index (Phi) is 5.99. The quantitative estimate of drug-likeness (QED) is 0.901. The van der Waals surface area contributed by atoms with Gasteiger partial charge in [0.1, 0.15) is 5.54 Å². The van der Waals surface area contributed by atoms with Gasteiger partial charge in [0, 0.05) is 18.9 Å². The van der Waals surface area contributed by atoms with Gasteiger partial charge < -0.3 is 15.8 Å². The third-order valence-electron chi connectivity index (χ3n) is 3.83. The molecule has 0 bridgehead atoms. The lowest BCUT2D eigenvalue weighted by Gasteiger charge is -2.31. The van der Waals surface area contributed by atoms with Crippen LogP contribution in [0.2, 0.25) is 0 Å². The number of carbonyl (C=O) groups is 1. The monoisotopic (exact) mass is 298 g/mol. The lowest BCUT2D eigenvalue weighted by Crippen LogP contribution is -2.54. The van der Waals surface area contributed by atoms with E-state index in [-0.39, 0.29) is 18.3 Å². The van der Waals surface area contributed by atoms with Crippen molar-refractivity contribution in [3.63, 3.8) is 0 Å². The molecule has 20 heavy (non-hydrogen) atoms. The van der Waals surface area contributed by atoms with Gasteiger partial charge in [-0.15, -0.1) is 12.4 Å². The van der Waals surface area contributed by atoms with Crippen LogP contribution >= 0.6 is 12.4 Å². The standard InChI is InChI=1S/C15H22N2O2.ClH/c1-3-12-10-13(5-4-11(12)2)17-14(18)15(16)6-8-19-9-7-15;/h4-5,10H,3,6-9,16H2,1-2H3,(H,17,18);1H. The van der Waals surface area contributed by atoms with Crippen molar-refractivity contribution in [3.05, 3.63) is 29.3 Å². The van der Waals surface area contributed by atoms with Gasteiger partial charge >= 0.3 is 0 Å². The Morgan fingerprint density at radius 2 is 2.05 bits per heavy atom. The van der Waals surface area contributed by atoms with Crippen LogP contribution in [0, 0.1) is 6.92 Å². The molecule has 0 saturated carbocycles. The first kappa shape index (κ1) is 17.0. The number of anilines is 1. The van der Waals surface area contributed by atoms with Crippen LogP contribution in [0.3, 0.4) is 0 Å². The van der Waals surface area contributed by atoms with Crippen molar-refractivity contribution in [2.45, 2.75) is 38.6 Å². The number of nitrogens with two attached hydrogens (primary N) is 1. The van der Waals surface area contributed by atoms with Crippen LogP contribution < -0.4 is 11.1 Å². The molecule has 0 unspecified atom stereocenters. The topological polar surface area (TPSA) is 64.4 Å². The normalized spacial score (nSPS) is 17.1. The number of rotatable bonds is 3. The lowest BCUT2D eigenvalue weighted by molar-refractivity contribution is -0.124. The number of ether oxygens (including phenoxy) is 1. The first-order valence-corrected chi connectivity index (χ1v) is 6.83. The molecule has 112 valence electrons. The van der Waals surface area contributed by atoms with Crippen molar-refractivity contribution in [1.29, 1.82) is 0 Å². The number of benzene rings is 1. The Bertz CT molecular complexity index is 471. The van der Waals surface area contributed by atoms with Gasteiger partial charge in [0.05, 0.1) is 0 Å². The highest BCUT2D eigenvalue weighted by Crippen LogP contribution is 2.21. The Balaban J connectivity index is 0.00000200. The van der Waals surface area contributed by atoms with E-state index in [1.807, 2.05) is 18.2 Å². The van der Waals surface area contributed by atoms with Gasteiger partial charge in [-0.3, -0.25) is 4.79 Å². The second kappa shape index (κ2) is 7.07. The third kappa shape index (κ3) is 3.72. The zero-order valence-electron chi connectivity index (χ0n) is 12.1. The minimum Gasteiger partial charge on any atom is -0.381 e. The minimum atomic E-state index is -0.796. The van der Waals surface area contributed by atoms with E-state index in [4.69, 9.17) is 10.5 Å². The summed E-state index contributed by atoms with van der Waals surface area (Å²) in [6, 6.07) is 5.98. The second-order valence-corrected chi connectivity index (χ2v) is 5.22. The summed E-state index contributed by atoms with van der Waals surface area (Å²) < 4.78 is 5.26. The summed E-state index contributed by atoms with van der Waals surface area (Å²) in [7, 11) is 0. The summed E-state index contributed by atoms with van der Waals surface area (Å²) in [5.41, 5.74) is 8.68. The first-order valence-electron chi connectivity index (χ1n) is 6.83. The number of amides is 1. The molecule has 0 atom stereocenters. The van der Waals surface area contributed by atoms with E-state index in [2.05, 4.69) is 19.2 Å². The van der Waals surface area contributed by atoms with E-state index in [0.29, 0.717) is 26.1 Å². The maximum Gasteiger partial charge on any atom is 0.244 e. The molecule has 1 aromatic carbocycles. The molecule has 1 aromatic rings. The Morgan fingerprint density at radius 1 is 1.40 bits per heavy atom. The fourth-order valence-corrected chi connectivity index (χ4v) is 2.35. The molecule has 1 saturated heterocycles. The Labute approximate surface area is 126 Å². The lowest BCUT2D eigenvalue weighted by atomic mass is 9.90. The number of hydrogen-bond donors (Lipinski definition) is 2. The third-order valence-corrected chi connectivity index (χ3v) is 3.83. The molecule has 1 heterocycles. The van der Waals surface area contributed by atoms with E-state index < -0.39 is 5.54 Å². The van der Waals surface area contributed by atoms with Crippen LogP contribution in [0.25, 0.3) is 0 Å². The molecule has 1 aliphatic rings. The minimum absolute atomic E-state index is 0. The van der Waals surface area contributed by atoms with Gasteiger partial charge in [-0.05, 0) is 49.4 Å². The van der Waals surface area contributed by atoms with Crippen LogP contribution in [0.15, 0.2) is 18.2 Å². The average molecular weight is 299 g/mol. The summed E-state index contributed by atoms with van der Waals surface area (Å²) in [6.07, 6.45) is 2.10. The van der Waals surface area contributed by atoms with Crippen molar-refractivity contribution in [2.24, 2.45) is 5.73 Å². The van der Waals surface area contributed by atoms with Gasteiger partial charge in [0.2, 0.25) is 5.91 Å². The number of hydrogen-bond acceptors (Lipinski definition) is 3.